The van der Waals surface area contributed by atoms with Crippen LogP contribution in [0.3, 0.4) is 0 Å². The van der Waals surface area contributed by atoms with Crippen molar-refractivity contribution in [1.82, 2.24) is 15.1 Å². The molecule has 3 aromatic rings. The summed E-state index contributed by atoms with van der Waals surface area (Å²) >= 11 is 0. The monoisotopic (exact) mass is 443 g/mol. The van der Waals surface area contributed by atoms with Gasteiger partial charge in [-0.25, -0.2) is 0 Å². The van der Waals surface area contributed by atoms with Crippen molar-refractivity contribution in [2.45, 2.75) is 25.8 Å². The first-order chi connectivity index (χ1) is 16.0. The minimum atomic E-state index is -0.153. The van der Waals surface area contributed by atoms with Crippen molar-refractivity contribution in [3.8, 4) is 0 Å². The molecule has 0 spiro atoms. The van der Waals surface area contributed by atoms with Crippen LogP contribution in [0.1, 0.15) is 39.2 Å². The summed E-state index contributed by atoms with van der Waals surface area (Å²) in [5.74, 6) is 0.341. The summed E-state index contributed by atoms with van der Waals surface area (Å²) < 4.78 is 5.72. The molecule has 1 N–H and O–H groups in total. The summed E-state index contributed by atoms with van der Waals surface area (Å²) in [6.45, 7) is 3.24. The van der Waals surface area contributed by atoms with E-state index in [9.17, 15) is 9.59 Å². The molecule has 170 valence electrons. The average Bonchev–Trinajstić information content (AvgIpc) is 3.27. The van der Waals surface area contributed by atoms with Gasteiger partial charge in [-0.3, -0.25) is 9.59 Å². The predicted octanol–water partition coefficient (Wildman–Crippen LogP) is 3.64. The highest BCUT2D eigenvalue weighted by Crippen LogP contribution is 2.27. The Hall–Kier alpha value is -3.38. The van der Waals surface area contributed by atoms with Gasteiger partial charge in [0.05, 0.1) is 6.42 Å². The molecule has 0 atom stereocenters. The highest BCUT2D eigenvalue weighted by atomic mass is 16.3. The van der Waals surface area contributed by atoms with Crippen molar-refractivity contribution < 1.29 is 14.0 Å². The van der Waals surface area contributed by atoms with Crippen LogP contribution in [0.4, 0.5) is 0 Å². The number of hydrogen-bond acceptors (Lipinski definition) is 4. The maximum absolute atomic E-state index is 13.1. The van der Waals surface area contributed by atoms with Crippen molar-refractivity contribution in [3.63, 3.8) is 0 Å². The number of furan rings is 1. The van der Waals surface area contributed by atoms with Crippen LogP contribution in [0, 0.1) is 0 Å². The number of carbonyl (C=O) groups excluding carboxylic acids is 2. The van der Waals surface area contributed by atoms with Crippen molar-refractivity contribution in [2.75, 3.05) is 33.7 Å². The molecular formula is C27H29N3O3. The number of fused-ring (bicyclic) bond motifs is 2. The SMILES string of the molecule is CN(C)C(=O)c1cc2cc(C3=CCCN(C(=O)Cc4ccc5c(c4)CNCC5)C3)ccc2o1. The standard InChI is InChI=1S/C27H29N3O3/c1-29(2)27(32)25-15-22-14-20(7-8-24(22)33-25)21-4-3-11-30(17-21)26(31)13-18-5-6-19-9-10-28-16-23(19)12-18/h4-8,12,14-15,28H,3,9-11,13,16-17H2,1-2H3. The lowest BCUT2D eigenvalue weighted by Gasteiger charge is -2.28. The molecule has 6 nitrogen and oxygen atoms in total. The third-order valence-electron chi connectivity index (χ3n) is 6.52. The smallest absolute Gasteiger partial charge is 0.289 e. The molecule has 0 saturated carbocycles. The number of rotatable bonds is 4. The molecule has 0 saturated heterocycles. The highest BCUT2D eigenvalue weighted by molar-refractivity contribution is 5.96. The van der Waals surface area contributed by atoms with Gasteiger partial charge in [0.1, 0.15) is 5.58 Å². The molecule has 5 rings (SSSR count). The first kappa shape index (κ1) is 21.5. The van der Waals surface area contributed by atoms with Gasteiger partial charge in [0.2, 0.25) is 5.91 Å². The molecule has 0 radical (unpaired) electrons. The maximum Gasteiger partial charge on any atom is 0.289 e. The van der Waals surface area contributed by atoms with Crippen molar-refractivity contribution in [2.24, 2.45) is 0 Å². The lowest BCUT2D eigenvalue weighted by atomic mass is 9.96. The Bertz CT molecular complexity index is 1250. The van der Waals surface area contributed by atoms with E-state index in [1.165, 1.54) is 16.0 Å². The highest BCUT2D eigenvalue weighted by Gasteiger charge is 2.21. The summed E-state index contributed by atoms with van der Waals surface area (Å²) in [4.78, 5) is 28.8. The Morgan fingerprint density at radius 2 is 1.97 bits per heavy atom. The molecule has 2 aliphatic rings. The Morgan fingerprint density at radius 3 is 2.82 bits per heavy atom. The van der Waals surface area contributed by atoms with E-state index in [-0.39, 0.29) is 11.8 Å². The minimum Gasteiger partial charge on any atom is -0.451 e. The number of nitrogens with zero attached hydrogens (tertiary/aromatic N) is 2. The number of hydrogen-bond donors (Lipinski definition) is 1. The normalized spacial score (nSPS) is 15.8. The average molecular weight is 444 g/mol. The molecule has 0 aliphatic carbocycles. The molecule has 0 bridgehead atoms. The zero-order valence-electron chi connectivity index (χ0n) is 19.2. The minimum absolute atomic E-state index is 0.153. The van der Waals surface area contributed by atoms with Gasteiger partial charge in [-0.1, -0.05) is 30.3 Å². The largest absolute Gasteiger partial charge is 0.451 e. The molecule has 1 aromatic heterocycles. The Balaban J connectivity index is 1.30. The number of benzene rings is 2. The van der Waals surface area contributed by atoms with Crippen molar-refractivity contribution in [1.29, 1.82) is 0 Å². The summed E-state index contributed by atoms with van der Waals surface area (Å²) in [6.07, 6.45) is 4.53. The van der Waals surface area contributed by atoms with E-state index in [2.05, 4.69) is 29.6 Å². The maximum atomic E-state index is 13.1. The molecule has 2 aromatic carbocycles. The second-order valence-corrected chi connectivity index (χ2v) is 9.10. The predicted molar refractivity (Wildman–Crippen MR) is 129 cm³/mol. The van der Waals surface area contributed by atoms with Crippen molar-refractivity contribution in [3.05, 3.63) is 76.6 Å². The number of nitrogens with one attached hydrogen (secondary N) is 1. The van der Waals surface area contributed by atoms with Crippen LogP contribution >= 0.6 is 0 Å². The van der Waals surface area contributed by atoms with E-state index in [0.29, 0.717) is 24.3 Å². The molecule has 2 aliphatic heterocycles. The molecule has 3 heterocycles. The first-order valence-electron chi connectivity index (χ1n) is 11.5. The molecule has 2 amide bonds. The van der Waals surface area contributed by atoms with Gasteiger partial charge in [0.15, 0.2) is 5.76 Å². The Morgan fingerprint density at radius 1 is 1.09 bits per heavy atom. The fourth-order valence-electron chi connectivity index (χ4n) is 4.66. The topological polar surface area (TPSA) is 65.8 Å². The second-order valence-electron chi connectivity index (χ2n) is 9.10. The summed E-state index contributed by atoms with van der Waals surface area (Å²) in [5, 5.41) is 4.30. The Labute approximate surface area is 193 Å². The van der Waals surface area contributed by atoms with E-state index in [1.807, 2.05) is 23.1 Å². The molecule has 0 unspecified atom stereocenters. The van der Waals surface area contributed by atoms with E-state index < -0.39 is 0 Å². The van der Waals surface area contributed by atoms with Crippen LogP contribution in [0.5, 0.6) is 0 Å². The first-order valence-corrected chi connectivity index (χ1v) is 11.5. The zero-order valence-corrected chi connectivity index (χ0v) is 19.2. The van der Waals surface area contributed by atoms with Crippen LogP contribution in [0.2, 0.25) is 0 Å². The van der Waals surface area contributed by atoms with Gasteiger partial charge in [0.25, 0.3) is 5.91 Å². The quantitative estimate of drug-likeness (QED) is 0.669. The lowest BCUT2D eigenvalue weighted by Crippen LogP contribution is -2.36. The molecule has 0 fully saturated rings. The van der Waals surface area contributed by atoms with E-state index >= 15 is 0 Å². The van der Waals surface area contributed by atoms with E-state index in [1.54, 1.807) is 20.2 Å². The van der Waals surface area contributed by atoms with Gasteiger partial charge < -0.3 is 19.5 Å². The van der Waals surface area contributed by atoms with Gasteiger partial charge in [-0.15, -0.1) is 0 Å². The van der Waals surface area contributed by atoms with Gasteiger partial charge in [-0.2, -0.15) is 0 Å². The Kier molecular flexibility index (Phi) is 5.77. The summed E-state index contributed by atoms with van der Waals surface area (Å²) in [7, 11) is 3.42. The van der Waals surface area contributed by atoms with Crippen molar-refractivity contribution >= 4 is 28.4 Å². The second kappa shape index (κ2) is 8.87. The third kappa shape index (κ3) is 4.44. The van der Waals surface area contributed by atoms with Gasteiger partial charge in [-0.05, 0) is 65.4 Å². The molecule has 33 heavy (non-hydrogen) atoms. The van der Waals surface area contributed by atoms with Crippen LogP contribution in [-0.4, -0.2) is 55.3 Å². The van der Waals surface area contributed by atoms with Crippen LogP contribution in [0.25, 0.3) is 16.5 Å². The number of carbonyl (C=O) groups is 2. The molecule has 6 heteroatoms. The fourth-order valence-corrected chi connectivity index (χ4v) is 4.66. The van der Waals surface area contributed by atoms with Gasteiger partial charge >= 0.3 is 0 Å². The third-order valence-corrected chi connectivity index (χ3v) is 6.52. The fraction of sp³-hybridized carbons (Fsp3) is 0.333. The van der Waals surface area contributed by atoms with E-state index in [4.69, 9.17) is 4.42 Å². The number of amides is 2. The van der Waals surface area contributed by atoms with Crippen LogP contribution < -0.4 is 5.32 Å². The van der Waals surface area contributed by atoms with Gasteiger partial charge in [0, 0.05) is 39.1 Å². The summed E-state index contributed by atoms with van der Waals surface area (Å²) in [6, 6.07) is 14.2. The van der Waals surface area contributed by atoms with Crippen LogP contribution in [0.15, 0.2) is 53.0 Å². The van der Waals surface area contributed by atoms with E-state index in [0.717, 1.165) is 54.6 Å². The zero-order chi connectivity index (χ0) is 22.9. The van der Waals surface area contributed by atoms with Crippen LogP contribution in [-0.2, 0) is 24.2 Å². The lowest BCUT2D eigenvalue weighted by molar-refractivity contribution is -0.129. The molecular weight excluding hydrogens is 414 g/mol. The summed E-state index contributed by atoms with van der Waals surface area (Å²) in [5.41, 5.74) is 6.66.